The fourth-order valence-electron chi connectivity index (χ4n) is 7.19. The van der Waals surface area contributed by atoms with Crippen LogP contribution in [0.4, 0.5) is 0 Å². The molecule has 0 spiro atoms. The van der Waals surface area contributed by atoms with Crippen molar-refractivity contribution in [2.75, 3.05) is 6.61 Å². The number of phenolic OH excluding ortho intramolecular Hbond substituents is 1. The van der Waals surface area contributed by atoms with Crippen LogP contribution in [0, 0.1) is 6.92 Å². The fourth-order valence-corrected chi connectivity index (χ4v) is 7.19. The summed E-state index contributed by atoms with van der Waals surface area (Å²) in [5, 5.41) is 15.2. The van der Waals surface area contributed by atoms with Gasteiger partial charge in [-0.15, -0.1) is 0 Å². The van der Waals surface area contributed by atoms with E-state index in [-0.39, 0.29) is 18.8 Å². The number of benzene rings is 1. The Labute approximate surface area is 361 Å². The third kappa shape index (κ3) is 12.2. The number of pyridine rings is 6. The molecule has 0 saturated heterocycles. The summed E-state index contributed by atoms with van der Waals surface area (Å²) in [7, 11) is 0. The molecule has 1 unspecified atom stereocenters. The maximum atomic E-state index is 13.9. The highest BCUT2D eigenvalue weighted by Gasteiger charge is 2.26. The normalized spacial score (nSPS) is 11.7. The lowest BCUT2D eigenvalue weighted by atomic mass is 9.97. The van der Waals surface area contributed by atoms with E-state index in [9.17, 15) is 14.7 Å². The molecular weight excluding hydrogens is 779 g/mol. The number of aryl methyl sites for hydroxylation is 1. The first-order chi connectivity index (χ1) is 30.3. The Morgan fingerprint density at radius 1 is 0.597 bits per heavy atom. The largest absolute Gasteiger partial charge is 0.507 e. The van der Waals surface area contributed by atoms with Crippen LogP contribution < -0.4 is 5.32 Å². The second-order valence-corrected chi connectivity index (χ2v) is 15.0. The molecule has 13 nitrogen and oxygen atoms in total. The van der Waals surface area contributed by atoms with E-state index >= 15 is 0 Å². The molecule has 7 aromatic rings. The molecule has 1 amide bonds. The Morgan fingerprint density at radius 3 is 1.50 bits per heavy atom. The van der Waals surface area contributed by atoms with Gasteiger partial charge in [-0.3, -0.25) is 44.5 Å². The summed E-state index contributed by atoms with van der Waals surface area (Å²) in [4.78, 5) is 59.2. The first-order valence-corrected chi connectivity index (χ1v) is 20.5. The minimum Gasteiger partial charge on any atom is -0.507 e. The Hall–Kier alpha value is -7.22. The van der Waals surface area contributed by atoms with Gasteiger partial charge in [0.05, 0.1) is 40.8 Å². The molecule has 0 aliphatic rings. The van der Waals surface area contributed by atoms with Gasteiger partial charge in [-0.2, -0.15) is 0 Å². The molecule has 1 atom stereocenters. The monoisotopic (exact) mass is 827 g/mol. The van der Waals surface area contributed by atoms with Gasteiger partial charge >= 0.3 is 5.97 Å². The van der Waals surface area contributed by atoms with E-state index in [1.807, 2.05) is 104 Å². The Morgan fingerprint density at radius 2 is 1.06 bits per heavy atom. The lowest BCUT2D eigenvalue weighted by molar-refractivity contribution is -0.145. The predicted molar refractivity (Wildman–Crippen MR) is 235 cm³/mol. The molecule has 0 aliphatic carbocycles. The second-order valence-electron chi connectivity index (χ2n) is 15.0. The number of carbonyl (C=O) groups is 2. The maximum Gasteiger partial charge on any atom is 0.328 e. The zero-order chi connectivity index (χ0) is 43.1. The predicted octanol–water partition coefficient (Wildman–Crippen LogP) is 7.05. The highest BCUT2D eigenvalue weighted by molar-refractivity contribution is 5.97. The number of phenols is 1. The number of carbonyl (C=O) groups excluding carboxylic acids is 2. The smallest absolute Gasteiger partial charge is 0.328 e. The topological polar surface area (TPSA) is 159 Å². The molecule has 0 radical (unpaired) electrons. The summed E-state index contributed by atoms with van der Waals surface area (Å²) in [6, 6.07) is 33.0. The van der Waals surface area contributed by atoms with E-state index < -0.39 is 17.9 Å². The molecule has 1 aromatic carbocycles. The lowest BCUT2D eigenvalue weighted by Gasteiger charge is -2.26. The van der Waals surface area contributed by atoms with Crippen LogP contribution >= 0.6 is 0 Å². The third-order valence-corrected chi connectivity index (χ3v) is 10.1. The van der Waals surface area contributed by atoms with Crippen LogP contribution in [-0.4, -0.2) is 69.3 Å². The quantitative estimate of drug-likeness (QED) is 0.0802. The number of aromatic nitrogens is 6. The van der Waals surface area contributed by atoms with E-state index in [1.165, 1.54) is 0 Å². The highest BCUT2D eigenvalue weighted by Crippen LogP contribution is 2.30. The summed E-state index contributed by atoms with van der Waals surface area (Å²) >= 11 is 0. The molecule has 62 heavy (non-hydrogen) atoms. The maximum absolute atomic E-state index is 13.9. The van der Waals surface area contributed by atoms with Crippen LogP contribution in [0.5, 0.6) is 5.75 Å². The number of nitrogens with one attached hydrogen (secondary N) is 1. The van der Waals surface area contributed by atoms with Gasteiger partial charge < -0.3 is 15.2 Å². The molecule has 13 heteroatoms. The number of rotatable bonds is 19. The van der Waals surface area contributed by atoms with Crippen molar-refractivity contribution in [1.29, 1.82) is 0 Å². The van der Waals surface area contributed by atoms with Crippen LogP contribution in [0.25, 0.3) is 11.4 Å². The fraction of sp³-hybridized carbons (Fsp3) is 0.224. The number of hydrogen-bond donors (Lipinski definition) is 2. The molecule has 0 saturated carbocycles. The summed E-state index contributed by atoms with van der Waals surface area (Å²) in [5.74, 6) is -0.920. The van der Waals surface area contributed by atoms with Gasteiger partial charge in [0, 0.05) is 99.6 Å². The standard InChI is InChI=1S/C49H49N9O4/c1-3-62-49(61)46(56-48(60)37-17-23-55-45(28-37)44-24-35(2)16-22-54-44)27-36-25-38(29-57(31-40-12-4-8-18-50-40)32-41-13-5-9-19-51-41)47(59)39(26-36)30-58(33-42-14-6-10-20-52-42)34-43-15-7-11-21-53-43/h4-26,28,46,59H,3,27,29-34H2,1-2H3,(H,56,60). The number of ether oxygens (including phenoxy) is 1. The van der Waals surface area contributed by atoms with Gasteiger partial charge in [-0.05, 0) is 97.8 Å². The summed E-state index contributed by atoms with van der Waals surface area (Å²) in [6.07, 6.45) is 10.4. The van der Waals surface area contributed by atoms with Crippen LogP contribution in [0.15, 0.2) is 146 Å². The Balaban J connectivity index is 1.24. The zero-order valence-electron chi connectivity index (χ0n) is 34.8. The average Bonchev–Trinajstić information content (AvgIpc) is 3.29. The van der Waals surface area contributed by atoms with E-state index in [2.05, 4.69) is 45.0 Å². The number of amides is 1. The highest BCUT2D eigenvalue weighted by atomic mass is 16.5. The van der Waals surface area contributed by atoms with Crippen LogP contribution in [0.3, 0.4) is 0 Å². The zero-order valence-corrected chi connectivity index (χ0v) is 34.8. The third-order valence-electron chi connectivity index (χ3n) is 10.1. The van der Waals surface area contributed by atoms with E-state index in [4.69, 9.17) is 4.74 Å². The summed E-state index contributed by atoms with van der Waals surface area (Å²) in [5.41, 5.74) is 7.92. The molecule has 2 N–H and O–H groups in total. The SMILES string of the molecule is CCOC(=O)C(Cc1cc(CN(Cc2ccccn2)Cc2ccccn2)c(O)c(CN(Cc2ccccn2)Cc2ccccn2)c1)NC(=O)c1ccnc(-c2cc(C)ccn2)c1. The van der Waals surface area contributed by atoms with Crippen molar-refractivity contribution in [3.63, 3.8) is 0 Å². The Bertz CT molecular complexity index is 2340. The van der Waals surface area contributed by atoms with Crippen molar-refractivity contribution in [2.24, 2.45) is 0 Å². The molecular formula is C49H49N9O4. The average molecular weight is 828 g/mol. The van der Waals surface area contributed by atoms with Crippen molar-refractivity contribution in [2.45, 2.75) is 65.6 Å². The van der Waals surface area contributed by atoms with Crippen LogP contribution in [-0.2, 0) is 55.2 Å². The van der Waals surface area contributed by atoms with Crippen molar-refractivity contribution >= 4 is 11.9 Å². The lowest BCUT2D eigenvalue weighted by Crippen LogP contribution is -2.43. The van der Waals surface area contributed by atoms with Gasteiger partial charge in [0.15, 0.2) is 0 Å². The first kappa shape index (κ1) is 42.9. The minimum atomic E-state index is -1.06. The van der Waals surface area contributed by atoms with Gasteiger partial charge in [0.1, 0.15) is 11.8 Å². The first-order valence-electron chi connectivity index (χ1n) is 20.5. The van der Waals surface area contributed by atoms with Gasteiger partial charge in [-0.25, -0.2) is 4.79 Å². The second kappa shape index (κ2) is 21.3. The van der Waals surface area contributed by atoms with Crippen molar-refractivity contribution in [3.05, 3.63) is 197 Å². The summed E-state index contributed by atoms with van der Waals surface area (Å²) < 4.78 is 5.53. The van der Waals surface area contributed by atoms with E-state index in [0.29, 0.717) is 67.3 Å². The number of aromatic hydroxyl groups is 1. The van der Waals surface area contributed by atoms with E-state index in [1.54, 1.807) is 56.2 Å². The molecule has 0 aliphatic heterocycles. The van der Waals surface area contributed by atoms with Gasteiger partial charge in [0.25, 0.3) is 5.91 Å². The van der Waals surface area contributed by atoms with E-state index in [0.717, 1.165) is 33.9 Å². The number of esters is 1. The molecule has 6 heterocycles. The number of nitrogens with zero attached hydrogens (tertiary/aromatic N) is 8. The number of hydrogen-bond acceptors (Lipinski definition) is 12. The summed E-state index contributed by atoms with van der Waals surface area (Å²) in [6.45, 7) is 6.39. The molecule has 6 aromatic heterocycles. The Kier molecular flexibility index (Phi) is 14.8. The molecule has 0 fully saturated rings. The van der Waals surface area contributed by atoms with Gasteiger partial charge in [0.2, 0.25) is 0 Å². The molecule has 7 rings (SSSR count). The molecule has 314 valence electrons. The van der Waals surface area contributed by atoms with Crippen LogP contribution in [0.1, 0.15) is 62.3 Å². The van der Waals surface area contributed by atoms with Crippen LogP contribution in [0.2, 0.25) is 0 Å². The molecule has 0 bridgehead atoms. The minimum absolute atomic E-state index is 0.0865. The van der Waals surface area contributed by atoms with Crippen molar-refractivity contribution in [1.82, 2.24) is 45.0 Å². The van der Waals surface area contributed by atoms with Gasteiger partial charge in [-0.1, -0.05) is 36.4 Å². The van der Waals surface area contributed by atoms with Crippen molar-refractivity contribution < 1.29 is 19.4 Å². The van der Waals surface area contributed by atoms with Crippen molar-refractivity contribution in [3.8, 4) is 17.1 Å².